The monoisotopic (exact) mass is 631 g/mol. The normalized spacial score (nSPS) is 21.7. The van der Waals surface area contributed by atoms with Gasteiger partial charge in [0.2, 0.25) is 5.75 Å². The Labute approximate surface area is 265 Å². The van der Waals surface area contributed by atoms with Crippen LogP contribution in [0.2, 0.25) is 0 Å². The van der Waals surface area contributed by atoms with Gasteiger partial charge in [-0.15, -0.1) is 0 Å². The Bertz CT molecular complexity index is 1770. The fraction of sp³-hybridized carbons (Fsp3) is 0.455. The summed E-state index contributed by atoms with van der Waals surface area (Å²) < 4.78 is 15.2. The molecule has 0 atom stereocenters. The number of nitrogens with one attached hydrogen (secondary N) is 1. The molecular weight excluding hydrogens is 593 g/mol. The molecular formula is C33H38FN7O5. The van der Waals surface area contributed by atoms with Crippen molar-refractivity contribution in [3.05, 3.63) is 86.6 Å². The Balaban J connectivity index is 1.38. The Morgan fingerprint density at radius 3 is 2.48 bits per heavy atom. The lowest BCUT2D eigenvalue weighted by Gasteiger charge is -2.47. The van der Waals surface area contributed by atoms with Crippen LogP contribution in [0.25, 0.3) is 0 Å². The van der Waals surface area contributed by atoms with E-state index < -0.39 is 45.7 Å². The minimum absolute atomic E-state index is 0.0105. The summed E-state index contributed by atoms with van der Waals surface area (Å²) in [6.07, 6.45) is 3.83. The molecule has 46 heavy (non-hydrogen) atoms. The first-order valence-corrected chi connectivity index (χ1v) is 15.4. The lowest BCUT2D eigenvalue weighted by Crippen LogP contribution is -2.55. The highest BCUT2D eigenvalue weighted by Gasteiger charge is 2.55. The van der Waals surface area contributed by atoms with Crippen LogP contribution in [-0.4, -0.2) is 79.8 Å². The van der Waals surface area contributed by atoms with Gasteiger partial charge in [0.1, 0.15) is 17.2 Å². The van der Waals surface area contributed by atoms with E-state index in [0.717, 1.165) is 17.8 Å². The molecule has 13 heteroatoms. The molecule has 0 unspecified atom stereocenters. The van der Waals surface area contributed by atoms with Crippen molar-refractivity contribution in [3.8, 4) is 5.75 Å². The van der Waals surface area contributed by atoms with Crippen LogP contribution in [0.1, 0.15) is 64.4 Å². The van der Waals surface area contributed by atoms with Crippen molar-refractivity contribution in [1.82, 2.24) is 34.6 Å². The number of carbonyl (C=O) groups excluding carboxylic acids is 3. The number of pyridine rings is 1. The maximum absolute atomic E-state index is 14.0. The standard InChI is InChI=1S/C33H38FN7O5/c1-20-14-21(7-8-23(20)34)15-36-27(43)25-26(42)28(44)41-19-32(18-40-16-22-6-5-13-35-24(22)17-40)9-11-33(12-10-32,31(41)37-25)39(4)30(46)29(45)38(2)3/h5-8,13-14,42H,9-12,15-19H2,1-4H3,(H,36,43). The zero-order valence-corrected chi connectivity index (χ0v) is 26.5. The molecule has 4 aliphatic rings. The lowest BCUT2D eigenvalue weighted by atomic mass is 9.67. The summed E-state index contributed by atoms with van der Waals surface area (Å²) in [5.41, 5.74) is 0.412. The molecule has 0 saturated heterocycles. The van der Waals surface area contributed by atoms with E-state index in [9.17, 15) is 28.7 Å². The molecule has 3 aliphatic heterocycles. The first-order chi connectivity index (χ1) is 21.8. The third-order valence-corrected chi connectivity index (χ3v) is 9.93. The van der Waals surface area contributed by atoms with Gasteiger partial charge in [-0.2, -0.15) is 0 Å². The van der Waals surface area contributed by atoms with E-state index in [1.165, 1.54) is 47.6 Å². The molecule has 0 spiro atoms. The second kappa shape index (κ2) is 11.6. The number of nitrogens with zero attached hydrogens (tertiary/aromatic N) is 6. The maximum Gasteiger partial charge on any atom is 0.312 e. The Morgan fingerprint density at radius 1 is 1.07 bits per heavy atom. The Hall–Kier alpha value is -4.65. The second-order valence-electron chi connectivity index (χ2n) is 13.1. The molecule has 3 aromatic rings. The zero-order valence-electron chi connectivity index (χ0n) is 26.5. The molecule has 242 valence electrons. The first-order valence-electron chi connectivity index (χ1n) is 15.4. The number of fused-ring (bicyclic) bond motifs is 3. The number of benzene rings is 1. The van der Waals surface area contributed by atoms with Gasteiger partial charge in [-0.3, -0.25) is 33.6 Å². The summed E-state index contributed by atoms with van der Waals surface area (Å²) >= 11 is 0. The molecule has 2 bridgehead atoms. The summed E-state index contributed by atoms with van der Waals surface area (Å²) in [5.74, 6) is -3.26. The summed E-state index contributed by atoms with van der Waals surface area (Å²) in [6.45, 7) is 3.90. The van der Waals surface area contributed by atoms with Crippen LogP contribution in [0.3, 0.4) is 0 Å². The van der Waals surface area contributed by atoms with Gasteiger partial charge in [0, 0.05) is 65.5 Å². The molecule has 7 rings (SSSR count). The zero-order chi connectivity index (χ0) is 33.0. The number of aromatic hydroxyl groups is 1. The first kappa shape index (κ1) is 31.3. The quantitative estimate of drug-likeness (QED) is 0.394. The molecule has 5 heterocycles. The average molecular weight is 632 g/mol. The van der Waals surface area contributed by atoms with Crippen molar-refractivity contribution in [3.63, 3.8) is 0 Å². The van der Waals surface area contributed by atoms with Gasteiger partial charge in [-0.1, -0.05) is 18.2 Å². The van der Waals surface area contributed by atoms with Gasteiger partial charge in [-0.25, -0.2) is 9.37 Å². The molecule has 3 amide bonds. The number of hydrogen-bond donors (Lipinski definition) is 2. The van der Waals surface area contributed by atoms with Crippen molar-refractivity contribution in [1.29, 1.82) is 0 Å². The summed E-state index contributed by atoms with van der Waals surface area (Å²) in [7, 11) is 4.52. The van der Waals surface area contributed by atoms with Gasteiger partial charge < -0.3 is 20.2 Å². The summed E-state index contributed by atoms with van der Waals surface area (Å²) in [4.78, 5) is 67.7. The minimum Gasteiger partial charge on any atom is -0.501 e. The number of rotatable bonds is 6. The topological polar surface area (TPSA) is 141 Å². The van der Waals surface area contributed by atoms with Crippen molar-refractivity contribution in [2.75, 3.05) is 27.7 Å². The average Bonchev–Trinajstić information content (AvgIpc) is 3.32. The largest absolute Gasteiger partial charge is 0.501 e. The van der Waals surface area contributed by atoms with Gasteiger partial charge in [-0.05, 0) is 61.4 Å². The molecule has 1 aliphatic carbocycles. The van der Waals surface area contributed by atoms with E-state index in [4.69, 9.17) is 0 Å². The molecule has 0 radical (unpaired) electrons. The van der Waals surface area contributed by atoms with Gasteiger partial charge in [0.05, 0.1) is 5.69 Å². The predicted octanol–water partition coefficient (Wildman–Crippen LogP) is 2.05. The number of halogens is 1. The molecule has 1 fully saturated rings. The van der Waals surface area contributed by atoms with Crippen LogP contribution in [0.4, 0.5) is 4.39 Å². The van der Waals surface area contributed by atoms with E-state index >= 15 is 0 Å². The van der Waals surface area contributed by atoms with Gasteiger partial charge in [0.25, 0.3) is 11.5 Å². The number of carbonyl (C=O) groups is 3. The fourth-order valence-electron chi connectivity index (χ4n) is 7.27. The van der Waals surface area contributed by atoms with Crippen molar-refractivity contribution < 1.29 is 23.9 Å². The third-order valence-electron chi connectivity index (χ3n) is 9.93. The summed E-state index contributed by atoms with van der Waals surface area (Å²) in [6, 6.07) is 8.41. The van der Waals surface area contributed by atoms with Crippen LogP contribution in [0, 0.1) is 18.2 Å². The second-order valence-corrected chi connectivity index (χ2v) is 13.1. The number of aromatic nitrogens is 3. The fourth-order valence-corrected chi connectivity index (χ4v) is 7.27. The number of aryl methyl sites for hydroxylation is 1. The highest BCUT2D eigenvalue weighted by molar-refractivity contribution is 6.34. The molecule has 2 N–H and O–H groups in total. The van der Waals surface area contributed by atoms with E-state index in [0.29, 0.717) is 49.9 Å². The number of amides is 3. The van der Waals surface area contributed by atoms with Crippen molar-refractivity contribution in [2.45, 2.75) is 64.3 Å². The molecule has 1 saturated carbocycles. The van der Waals surface area contributed by atoms with Crippen LogP contribution >= 0.6 is 0 Å². The molecule has 1 aromatic carbocycles. The predicted molar refractivity (Wildman–Crippen MR) is 165 cm³/mol. The lowest BCUT2D eigenvalue weighted by molar-refractivity contribution is -0.155. The van der Waals surface area contributed by atoms with Crippen LogP contribution < -0.4 is 10.9 Å². The van der Waals surface area contributed by atoms with Crippen LogP contribution in [0.15, 0.2) is 41.3 Å². The SMILES string of the molecule is Cc1cc(CNC(=O)c2nc3n(c(=O)c2O)CC2(CN4Cc5cccnc5C4)CCC3(N(C)C(=O)C(=O)N(C)C)CC2)ccc1F. The highest BCUT2D eigenvalue weighted by atomic mass is 19.1. The van der Waals surface area contributed by atoms with E-state index in [1.807, 2.05) is 6.07 Å². The number of hydrogen-bond acceptors (Lipinski definition) is 8. The minimum atomic E-state index is -1.17. The summed E-state index contributed by atoms with van der Waals surface area (Å²) in [5, 5.41) is 13.8. The smallest absolute Gasteiger partial charge is 0.312 e. The maximum atomic E-state index is 14.0. The third kappa shape index (κ3) is 5.31. The van der Waals surface area contributed by atoms with Crippen LogP contribution in [0.5, 0.6) is 5.75 Å². The molecule has 12 nitrogen and oxygen atoms in total. The highest BCUT2D eigenvalue weighted by Crippen LogP contribution is 2.52. The van der Waals surface area contributed by atoms with E-state index in [2.05, 4.69) is 26.3 Å². The van der Waals surface area contributed by atoms with Gasteiger partial charge >= 0.3 is 11.8 Å². The number of likely N-dealkylation sites (N-methyl/N-ethyl adjacent to an activating group) is 2. The van der Waals surface area contributed by atoms with E-state index in [-0.39, 0.29) is 24.7 Å². The van der Waals surface area contributed by atoms with Crippen molar-refractivity contribution >= 4 is 17.7 Å². The Kier molecular flexibility index (Phi) is 7.91. The Morgan fingerprint density at radius 2 is 1.80 bits per heavy atom. The van der Waals surface area contributed by atoms with Crippen molar-refractivity contribution in [2.24, 2.45) is 5.41 Å². The van der Waals surface area contributed by atoms with Gasteiger partial charge in [0.15, 0.2) is 5.69 Å². The van der Waals surface area contributed by atoms with E-state index in [1.54, 1.807) is 19.2 Å². The van der Waals surface area contributed by atoms with Crippen LogP contribution in [-0.2, 0) is 41.3 Å². The molecule has 2 aromatic heterocycles.